The quantitative estimate of drug-likeness (QED) is 0.391. The molecule has 0 unspecified atom stereocenters. The number of phenols is 1. The first-order valence-electron chi connectivity index (χ1n) is 11.3. The van der Waals surface area contributed by atoms with Gasteiger partial charge in [0.15, 0.2) is 11.5 Å². The molecule has 2 aromatic carbocycles. The Hall–Kier alpha value is -3.57. The van der Waals surface area contributed by atoms with Gasteiger partial charge in [-0.05, 0) is 48.8 Å². The Bertz CT molecular complexity index is 1220. The summed E-state index contributed by atoms with van der Waals surface area (Å²) in [4.78, 5) is 52.6. The largest absolute Gasteiger partial charge is 0.504 e. The zero-order valence-electron chi connectivity index (χ0n) is 20.0. The number of hydrogen-bond donors (Lipinski definition) is 4. The van der Waals surface area contributed by atoms with Crippen LogP contribution in [0, 0.1) is 11.8 Å². The third kappa shape index (κ3) is 4.07. The second-order valence-corrected chi connectivity index (χ2v) is 9.77. The number of carbonyl (C=O) groups is 4. The fourth-order valence-electron chi connectivity index (χ4n) is 5.17. The molecular formula is C25H27N3O7S. The van der Waals surface area contributed by atoms with E-state index in [1.54, 1.807) is 30.3 Å². The maximum atomic E-state index is 13.8. The molecule has 36 heavy (non-hydrogen) atoms. The summed E-state index contributed by atoms with van der Waals surface area (Å²) in [5, 5.41) is 26.9. The van der Waals surface area contributed by atoms with Crippen molar-refractivity contribution >= 4 is 46.8 Å². The molecule has 11 heteroatoms. The molecule has 2 fully saturated rings. The number of thioether (sulfide) groups is 1. The summed E-state index contributed by atoms with van der Waals surface area (Å²) < 4.78 is 5.21. The number of phenolic OH excluding ortho intramolecular Hbond substituents is 1. The van der Waals surface area contributed by atoms with Gasteiger partial charge in [0.05, 0.1) is 24.6 Å². The minimum Gasteiger partial charge on any atom is -0.504 e. The van der Waals surface area contributed by atoms with E-state index in [1.807, 2.05) is 6.26 Å². The third-order valence-corrected chi connectivity index (χ3v) is 7.38. The number of carboxylic acids is 1. The zero-order valence-corrected chi connectivity index (χ0v) is 20.8. The van der Waals surface area contributed by atoms with Gasteiger partial charge >= 0.3 is 5.97 Å². The average molecular weight is 514 g/mol. The number of aliphatic carboxylic acids is 1. The number of nitrogens with one attached hydrogen (secondary N) is 2. The molecule has 4 N–H and O–H groups in total. The Labute approximate surface area is 212 Å². The van der Waals surface area contributed by atoms with Crippen LogP contribution in [0.5, 0.6) is 11.5 Å². The van der Waals surface area contributed by atoms with Crippen molar-refractivity contribution in [3.63, 3.8) is 0 Å². The van der Waals surface area contributed by atoms with Gasteiger partial charge in [-0.25, -0.2) is 4.90 Å². The molecule has 190 valence electrons. The van der Waals surface area contributed by atoms with Gasteiger partial charge in [-0.3, -0.25) is 24.5 Å². The molecule has 0 radical (unpaired) electrons. The fourth-order valence-corrected chi connectivity index (χ4v) is 5.70. The van der Waals surface area contributed by atoms with Crippen LogP contribution < -0.4 is 20.3 Å². The number of aromatic hydroxyl groups is 1. The van der Waals surface area contributed by atoms with Crippen molar-refractivity contribution in [3.8, 4) is 11.5 Å². The molecule has 0 bridgehead atoms. The molecule has 2 saturated heterocycles. The van der Waals surface area contributed by atoms with Crippen LogP contribution in [0.15, 0.2) is 42.5 Å². The molecule has 0 saturated carbocycles. The first-order valence-corrected chi connectivity index (χ1v) is 12.7. The topological polar surface area (TPSA) is 145 Å². The number of rotatable bonds is 8. The average Bonchev–Trinajstić information content (AvgIpc) is 3.32. The monoisotopic (exact) mass is 513 g/mol. The lowest BCUT2D eigenvalue weighted by molar-refractivity contribution is -0.148. The van der Waals surface area contributed by atoms with E-state index in [-0.39, 0.29) is 35.1 Å². The highest BCUT2D eigenvalue weighted by Crippen LogP contribution is 2.53. The number of methoxy groups -OCH3 is 1. The number of benzene rings is 2. The van der Waals surface area contributed by atoms with Crippen LogP contribution in [-0.4, -0.2) is 58.6 Å². The summed E-state index contributed by atoms with van der Waals surface area (Å²) >= 11 is 1.43. The predicted molar refractivity (Wildman–Crippen MR) is 134 cm³/mol. The van der Waals surface area contributed by atoms with E-state index in [2.05, 4.69) is 10.6 Å². The Morgan fingerprint density at radius 2 is 1.86 bits per heavy atom. The summed E-state index contributed by atoms with van der Waals surface area (Å²) in [5.74, 6) is -4.57. The molecule has 0 aromatic heterocycles. The van der Waals surface area contributed by atoms with Gasteiger partial charge in [-0.1, -0.05) is 12.1 Å². The van der Waals surface area contributed by atoms with Gasteiger partial charge < -0.3 is 20.3 Å². The Balaban J connectivity index is 1.82. The summed E-state index contributed by atoms with van der Waals surface area (Å²) in [7, 11) is 1.39. The Kier molecular flexibility index (Phi) is 6.96. The molecule has 2 aliphatic rings. The van der Waals surface area contributed by atoms with Gasteiger partial charge in [0.2, 0.25) is 17.7 Å². The highest BCUT2D eigenvalue weighted by molar-refractivity contribution is 7.98. The number of anilines is 2. The number of fused-ring (bicyclic) bond motifs is 1. The van der Waals surface area contributed by atoms with Crippen molar-refractivity contribution < 1.29 is 34.1 Å². The lowest BCUT2D eigenvalue weighted by Gasteiger charge is -2.31. The van der Waals surface area contributed by atoms with E-state index >= 15 is 0 Å². The molecule has 0 spiro atoms. The second kappa shape index (κ2) is 9.82. The van der Waals surface area contributed by atoms with Crippen LogP contribution in [-0.2, 0) is 19.2 Å². The van der Waals surface area contributed by atoms with Crippen LogP contribution in [0.2, 0.25) is 0 Å². The number of carbonyl (C=O) groups excluding carboxylic acids is 3. The SMILES string of the molecule is COc1cccc([C@@H]2N[C@](CCSC)(C(=O)O)[C@H]3C(=O)N(c4ccc(NC(C)=O)cc4)C(=O)[C@H]23)c1O. The van der Waals surface area contributed by atoms with Crippen LogP contribution in [0.3, 0.4) is 0 Å². The summed E-state index contributed by atoms with van der Waals surface area (Å²) in [5.41, 5.74) is -0.677. The minimum atomic E-state index is -1.72. The molecule has 3 amide bonds. The first-order chi connectivity index (χ1) is 17.2. The number of imide groups is 1. The molecule has 2 aromatic rings. The van der Waals surface area contributed by atoms with Crippen molar-refractivity contribution in [1.82, 2.24) is 5.32 Å². The molecule has 4 atom stereocenters. The van der Waals surface area contributed by atoms with Crippen LogP contribution >= 0.6 is 11.8 Å². The third-order valence-electron chi connectivity index (χ3n) is 6.77. The maximum Gasteiger partial charge on any atom is 0.324 e. The number of hydrogen-bond acceptors (Lipinski definition) is 8. The number of amides is 3. The van der Waals surface area contributed by atoms with Gasteiger partial charge in [0.25, 0.3) is 0 Å². The maximum absolute atomic E-state index is 13.8. The van der Waals surface area contributed by atoms with E-state index in [0.29, 0.717) is 11.4 Å². The van der Waals surface area contributed by atoms with Crippen LogP contribution in [0.25, 0.3) is 0 Å². The molecule has 0 aliphatic carbocycles. The van der Waals surface area contributed by atoms with Gasteiger partial charge in [0, 0.05) is 24.2 Å². The Morgan fingerprint density at radius 1 is 1.17 bits per heavy atom. The van der Waals surface area contributed by atoms with Crippen molar-refractivity contribution in [1.29, 1.82) is 0 Å². The van der Waals surface area contributed by atoms with E-state index in [4.69, 9.17) is 4.74 Å². The number of carboxylic acid groups (broad SMARTS) is 1. The summed E-state index contributed by atoms with van der Waals surface area (Å²) in [6.45, 7) is 1.36. The van der Waals surface area contributed by atoms with Gasteiger partial charge in [-0.2, -0.15) is 11.8 Å². The van der Waals surface area contributed by atoms with Crippen molar-refractivity contribution in [2.75, 3.05) is 29.3 Å². The van der Waals surface area contributed by atoms with E-state index < -0.39 is 41.2 Å². The minimum absolute atomic E-state index is 0.0974. The molecular weight excluding hydrogens is 486 g/mol. The number of nitrogens with zero attached hydrogens (tertiary/aromatic N) is 1. The van der Waals surface area contributed by atoms with Gasteiger partial charge in [0.1, 0.15) is 5.54 Å². The van der Waals surface area contributed by atoms with E-state index in [0.717, 1.165) is 4.90 Å². The highest BCUT2D eigenvalue weighted by atomic mass is 32.2. The molecule has 4 rings (SSSR count). The zero-order chi connectivity index (χ0) is 26.2. The van der Waals surface area contributed by atoms with Crippen molar-refractivity contribution in [3.05, 3.63) is 48.0 Å². The van der Waals surface area contributed by atoms with E-state index in [9.17, 15) is 29.4 Å². The second-order valence-electron chi connectivity index (χ2n) is 8.78. The standard InChI is InChI=1S/C25H27N3O7S/c1-13(29)26-14-7-9-15(10-8-14)28-22(31)18-19(23(28)32)25(24(33)34,11-12-36-3)27-20(18)16-5-4-6-17(35-2)21(16)30/h4-10,18-20,27,30H,11-12H2,1-3H3,(H,26,29)(H,33,34)/t18-,19+,20-,25-/m0/s1. The smallest absolute Gasteiger partial charge is 0.324 e. The highest BCUT2D eigenvalue weighted by Gasteiger charge is 2.68. The normalized spacial score (nSPS) is 25.1. The number of ether oxygens (including phenoxy) is 1. The lowest BCUT2D eigenvalue weighted by Crippen LogP contribution is -2.56. The summed E-state index contributed by atoms with van der Waals surface area (Å²) in [6, 6.07) is 10.0. The number of para-hydroxylation sites is 1. The van der Waals surface area contributed by atoms with Crippen molar-refractivity contribution in [2.45, 2.75) is 24.9 Å². The van der Waals surface area contributed by atoms with E-state index in [1.165, 1.54) is 37.9 Å². The van der Waals surface area contributed by atoms with Gasteiger partial charge in [-0.15, -0.1) is 0 Å². The fraction of sp³-hybridized carbons (Fsp3) is 0.360. The summed E-state index contributed by atoms with van der Waals surface area (Å²) in [6.07, 6.45) is 1.93. The first kappa shape index (κ1) is 25.5. The molecule has 2 aliphatic heterocycles. The molecule has 10 nitrogen and oxygen atoms in total. The predicted octanol–water partition coefficient (Wildman–Crippen LogP) is 2.39. The van der Waals surface area contributed by atoms with Crippen LogP contribution in [0.1, 0.15) is 24.9 Å². The Morgan fingerprint density at radius 3 is 2.44 bits per heavy atom. The lowest BCUT2D eigenvalue weighted by atomic mass is 9.78. The van der Waals surface area contributed by atoms with Crippen molar-refractivity contribution in [2.24, 2.45) is 11.8 Å². The molecule has 2 heterocycles. The van der Waals surface area contributed by atoms with Crippen LogP contribution in [0.4, 0.5) is 11.4 Å².